The standard InChI is InChI=1S/C10H16N4/c11-4-3-9-7-10(13-8-12-9)14-5-1-2-6-14/h7-8H,1-6,11H2. The molecule has 1 fully saturated rings. The molecule has 0 atom stereocenters. The number of nitrogens with zero attached hydrogens (tertiary/aromatic N) is 3. The maximum Gasteiger partial charge on any atom is 0.132 e. The molecule has 14 heavy (non-hydrogen) atoms. The highest BCUT2D eigenvalue weighted by atomic mass is 15.2. The minimum atomic E-state index is 0.649. The van der Waals surface area contributed by atoms with Crippen LogP contribution >= 0.6 is 0 Å². The zero-order valence-electron chi connectivity index (χ0n) is 8.32. The van der Waals surface area contributed by atoms with E-state index in [2.05, 4.69) is 20.9 Å². The first-order chi connectivity index (χ1) is 6.90. The van der Waals surface area contributed by atoms with Crippen LogP contribution in [0.2, 0.25) is 0 Å². The van der Waals surface area contributed by atoms with Crippen molar-refractivity contribution in [3.8, 4) is 0 Å². The zero-order valence-corrected chi connectivity index (χ0v) is 8.32. The zero-order chi connectivity index (χ0) is 9.80. The topological polar surface area (TPSA) is 55.0 Å². The van der Waals surface area contributed by atoms with Crippen LogP contribution in [0.15, 0.2) is 12.4 Å². The van der Waals surface area contributed by atoms with Gasteiger partial charge in [0.2, 0.25) is 0 Å². The highest BCUT2D eigenvalue weighted by Crippen LogP contribution is 2.17. The Hall–Kier alpha value is -1.16. The van der Waals surface area contributed by atoms with Gasteiger partial charge in [-0.15, -0.1) is 0 Å². The Bertz CT molecular complexity index is 294. The molecular formula is C10H16N4. The van der Waals surface area contributed by atoms with Crippen molar-refractivity contribution in [1.82, 2.24) is 9.97 Å². The van der Waals surface area contributed by atoms with E-state index in [0.717, 1.165) is 31.0 Å². The highest BCUT2D eigenvalue weighted by molar-refractivity contribution is 5.39. The van der Waals surface area contributed by atoms with Crippen molar-refractivity contribution in [3.05, 3.63) is 18.1 Å². The van der Waals surface area contributed by atoms with Crippen molar-refractivity contribution >= 4 is 5.82 Å². The van der Waals surface area contributed by atoms with E-state index in [0.29, 0.717) is 6.54 Å². The molecule has 2 N–H and O–H groups in total. The van der Waals surface area contributed by atoms with Gasteiger partial charge in [-0.05, 0) is 19.4 Å². The quantitative estimate of drug-likeness (QED) is 0.761. The van der Waals surface area contributed by atoms with E-state index >= 15 is 0 Å². The van der Waals surface area contributed by atoms with Crippen molar-refractivity contribution in [2.75, 3.05) is 24.5 Å². The fourth-order valence-electron chi connectivity index (χ4n) is 1.79. The number of hydrogen-bond acceptors (Lipinski definition) is 4. The molecule has 1 aromatic heterocycles. The molecule has 1 aliphatic heterocycles. The van der Waals surface area contributed by atoms with E-state index in [9.17, 15) is 0 Å². The summed E-state index contributed by atoms with van der Waals surface area (Å²) in [6, 6.07) is 2.05. The van der Waals surface area contributed by atoms with Gasteiger partial charge in [-0.25, -0.2) is 9.97 Å². The van der Waals surface area contributed by atoms with Crippen LogP contribution < -0.4 is 10.6 Å². The number of nitrogens with two attached hydrogens (primary N) is 1. The molecule has 0 amide bonds. The van der Waals surface area contributed by atoms with Gasteiger partial charge in [0.15, 0.2) is 0 Å². The molecule has 0 radical (unpaired) electrons. The highest BCUT2D eigenvalue weighted by Gasteiger charge is 2.13. The predicted molar refractivity (Wildman–Crippen MR) is 56.2 cm³/mol. The molecule has 0 saturated carbocycles. The van der Waals surface area contributed by atoms with Crippen molar-refractivity contribution in [3.63, 3.8) is 0 Å². The van der Waals surface area contributed by atoms with Crippen LogP contribution in [-0.4, -0.2) is 29.6 Å². The Labute approximate surface area is 84.2 Å². The molecule has 2 heterocycles. The normalized spacial score (nSPS) is 16.2. The van der Waals surface area contributed by atoms with Crippen LogP contribution in [0.4, 0.5) is 5.82 Å². The lowest BCUT2D eigenvalue weighted by molar-refractivity contribution is 0.879. The molecule has 0 bridgehead atoms. The minimum absolute atomic E-state index is 0.649. The average Bonchev–Trinajstić information content (AvgIpc) is 2.71. The Morgan fingerprint density at radius 3 is 2.79 bits per heavy atom. The van der Waals surface area contributed by atoms with E-state index in [-0.39, 0.29) is 0 Å². The summed E-state index contributed by atoms with van der Waals surface area (Å²) in [5.74, 6) is 1.06. The molecule has 4 nitrogen and oxygen atoms in total. The molecule has 1 aliphatic rings. The fraction of sp³-hybridized carbons (Fsp3) is 0.600. The number of aromatic nitrogens is 2. The summed E-state index contributed by atoms with van der Waals surface area (Å²) in [5, 5.41) is 0. The van der Waals surface area contributed by atoms with E-state index < -0.39 is 0 Å². The summed E-state index contributed by atoms with van der Waals surface area (Å²) in [5.41, 5.74) is 6.54. The molecule has 0 aromatic carbocycles. The number of anilines is 1. The van der Waals surface area contributed by atoms with Gasteiger partial charge in [0.1, 0.15) is 12.1 Å². The third-order valence-electron chi connectivity index (χ3n) is 2.54. The predicted octanol–water partition coefficient (Wildman–Crippen LogP) is 0.578. The smallest absolute Gasteiger partial charge is 0.132 e. The lowest BCUT2D eigenvalue weighted by Gasteiger charge is -2.16. The maximum absolute atomic E-state index is 5.49. The SMILES string of the molecule is NCCc1cc(N2CCCC2)ncn1. The van der Waals surface area contributed by atoms with Gasteiger partial charge in [0.25, 0.3) is 0 Å². The summed E-state index contributed by atoms with van der Waals surface area (Å²) in [6.07, 6.45) is 5.02. The Balaban J connectivity index is 2.12. The second-order valence-electron chi connectivity index (χ2n) is 3.60. The van der Waals surface area contributed by atoms with Crippen LogP contribution in [0.25, 0.3) is 0 Å². The summed E-state index contributed by atoms with van der Waals surface area (Å²) in [4.78, 5) is 10.8. The summed E-state index contributed by atoms with van der Waals surface area (Å²) < 4.78 is 0. The maximum atomic E-state index is 5.49. The van der Waals surface area contributed by atoms with Gasteiger partial charge in [0, 0.05) is 31.3 Å². The van der Waals surface area contributed by atoms with Crippen molar-refractivity contribution in [2.45, 2.75) is 19.3 Å². The van der Waals surface area contributed by atoms with E-state index in [4.69, 9.17) is 5.73 Å². The first-order valence-electron chi connectivity index (χ1n) is 5.16. The third-order valence-corrected chi connectivity index (χ3v) is 2.54. The second-order valence-corrected chi connectivity index (χ2v) is 3.60. The molecule has 4 heteroatoms. The molecule has 76 valence electrons. The van der Waals surface area contributed by atoms with E-state index in [1.807, 2.05) is 0 Å². The summed E-state index contributed by atoms with van der Waals surface area (Å²) in [6.45, 7) is 2.90. The Morgan fingerprint density at radius 1 is 1.29 bits per heavy atom. The molecule has 1 aromatic rings. The van der Waals surface area contributed by atoms with Gasteiger partial charge >= 0.3 is 0 Å². The molecule has 0 spiro atoms. The lowest BCUT2D eigenvalue weighted by atomic mass is 10.3. The van der Waals surface area contributed by atoms with Crippen LogP contribution in [-0.2, 0) is 6.42 Å². The van der Waals surface area contributed by atoms with Crippen LogP contribution in [0, 0.1) is 0 Å². The second kappa shape index (κ2) is 4.37. The summed E-state index contributed by atoms with van der Waals surface area (Å²) >= 11 is 0. The van der Waals surface area contributed by atoms with Crippen molar-refractivity contribution in [1.29, 1.82) is 0 Å². The van der Waals surface area contributed by atoms with Gasteiger partial charge in [0.05, 0.1) is 0 Å². The molecule has 1 saturated heterocycles. The fourth-order valence-corrected chi connectivity index (χ4v) is 1.79. The first kappa shape index (κ1) is 9.40. The number of hydrogen-bond donors (Lipinski definition) is 1. The van der Waals surface area contributed by atoms with Gasteiger partial charge in [-0.3, -0.25) is 0 Å². The van der Waals surface area contributed by atoms with Crippen LogP contribution in [0.5, 0.6) is 0 Å². The molecule has 0 aliphatic carbocycles. The van der Waals surface area contributed by atoms with Crippen molar-refractivity contribution in [2.24, 2.45) is 5.73 Å². The minimum Gasteiger partial charge on any atom is -0.357 e. The molecule has 2 rings (SSSR count). The molecular weight excluding hydrogens is 176 g/mol. The van der Waals surface area contributed by atoms with E-state index in [1.165, 1.54) is 12.8 Å². The van der Waals surface area contributed by atoms with Crippen LogP contribution in [0.3, 0.4) is 0 Å². The first-order valence-corrected chi connectivity index (χ1v) is 5.16. The van der Waals surface area contributed by atoms with E-state index in [1.54, 1.807) is 6.33 Å². The van der Waals surface area contributed by atoms with Gasteiger partial charge < -0.3 is 10.6 Å². The Morgan fingerprint density at radius 2 is 2.07 bits per heavy atom. The number of rotatable bonds is 3. The average molecular weight is 192 g/mol. The van der Waals surface area contributed by atoms with Crippen LogP contribution in [0.1, 0.15) is 18.5 Å². The van der Waals surface area contributed by atoms with Crippen molar-refractivity contribution < 1.29 is 0 Å². The molecule has 0 unspecified atom stereocenters. The monoisotopic (exact) mass is 192 g/mol. The third kappa shape index (κ3) is 2.01. The van der Waals surface area contributed by atoms with Gasteiger partial charge in [-0.1, -0.05) is 0 Å². The van der Waals surface area contributed by atoms with Gasteiger partial charge in [-0.2, -0.15) is 0 Å². The lowest BCUT2D eigenvalue weighted by Crippen LogP contribution is -2.19. The summed E-state index contributed by atoms with van der Waals surface area (Å²) in [7, 11) is 0. The Kier molecular flexibility index (Phi) is 2.93. The largest absolute Gasteiger partial charge is 0.357 e.